The molecule has 9 nitrogen and oxygen atoms in total. The number of likely N-dealkylation sites (N-methyl/N-ethyl adjacent to an activating group) is 1. The van der Waals surface area contributed by atoms with E-state index in [0.717, 1.165) is 116 Å². The Morgan fingerprint density at radius 1 is 0.397 bits per heavy atom. The van der Waals surface area contributed by atoms with Crippen LogP contribution in [0.25, 0.3) is 0 Å². The van der Waals surface area contributed by atoms with Crippen molar-refractivity contribution < 1.29 is 42.1 Å². The fourth-order valence-electron chi connectivity index (χ4n) is 8.24. The molecule has 0 spiro atoms. The van der Waals surface area contributed by atoms with E-state index >= 15 is 0 Å². The van der Waals surface area contributed by atoms with E-state index in [1.54, 1.807) is 0 Å². The lowest BCUT2D eigenvalue weighted by atomic mass is 10.0. The van der Waals surface area contributed by atoms with Crippen molar-refractivity contribution in [2.75, 3.05) is 47.5 Å². The van der Waals surface area contributed by atoms with E-state index in [1.165, 1.54) is 96.3 Å². The van der Waals surface area contributed by atoms with E-state index in [4.69, 9.17) is 18.5 Å². The molecule has 0 bridgehead atoms. The van der Waals surface area contributed by atoms with Crippen molar-refractivity contribution in [1.82, 2.24) is 0 Å². The Kier molecular flexibility index (Phi) is 55.4. The van der Waals surface area contributed by atoms with E-state index in [-0.39, 0.29) is 26.1 Å². The molecule has 0 N–H and O–H groups in total. The predicted octanol–water partition coefficient (Wildman–Crippen LogP) is 19.3. The molecule has 2 unspecified atom stereocenters. The summed E-state index contributed by atoms with van der Waals surface area (Å²) in [5, 5.41) is 0. The van der Waals surface area contributed by atoms with Gasteiger partial charge < -0.3 is 27.9 Å². The molecule has 78 heavy (non-hydrogen) atoms. The molecule has 446 valence electrons. The van der Waals surface area contributed by atoms with Crippen LogP contribution in [0.4, 0.5) is 0 Å². The Balaban J connectivity index is 4.15. The average Bonchev–Trinajstić information content (AvgIpc) is 3.40. The van der Waals surface area contributed by atoms with Gasteiger partial charge in [0.25, 0.3) is 7.82 Å². The molecule has 0 aromatic rings. The fraction of sp³-hybridized carbons (Fsp3) is 0.676. The van der Waals surface area contributed by atoms with Crippen LogP contribution >= 0.6 is 7.82 Å². The second kappa shape index (κ2) is 58.1. The first-order valence-corrected chi connectivity index (χ1v) is 32.7. The smallest absolute Gasteiger partial charge is 0.306 e. The topological polar surface area (TPSA) is 111 Å². The fourth-order valence-corrected chi connectivity index (χ4v) is 8.97. The van der Waals surface area contributed by atoms with Crippen molar-refractivity contribution in [2.24, 2.45) is 0 Å². The number of allylic oxidation sites excluding steroid dienone is 20. The van der Waals surface area contributed by atoms with Gasteiger partial charge in [0.1, 0.15) is 19.8 Å². The number of phosphoric acid groups is 1. The highest BCUT2D eigenvalue weighted by Gasteiger charge is 2.22. The number of phosphoric ester groups is 1. The van der Waals surface area contributed by atoms with Gasteiger partial charge in [-0.15, -0.1) is 0 Å². The number of quaternary nitrogens is 1. The first-order valence-electron chi connectivity index (χ1n) is 31.2. The number of hydrogen-bond acceptors (Lipinski definition) is 8. The second-order valence-electron chi connectivity index (χ2n) is 21.7. The summed E-state index contributed by atoms with van der Waals surface area (Å²) in [6, 6.07) is 0. The van der Waals surface area contributed by atoms with Crippen LogP contribution in [-0.2, 0) is 32.7 Å². The molecule has 0 aliphatic heterocycles. The summed E-state index contributed by atoms with van der Waals surface area (Å²) >= 11 is 0. The Bertz CT molecular complexity index is 1730. The maximum Gasteiger partial charge on any atom is 0.306 e. The summed E-state index contributed by atoms with van der Waals surface area (Å²) < 4.78 is 34.2. The molecule has 0 heterocycles. The lowest BCUT2D eigenvalue weighted by Crippen LogP contribution is -2.37. The molecule has 2 atom stereocenters. The normalized spacial score (nSPS) is 14.1. The van der Waals surface area contributed by atoms with E-state index in [0.29, 0.717) is 17.4 Å². The van der Waals surface area contributed by atoms with Crippen LogP contribution in [0.2, 0.25) is 0 Å². The number of carbonyl (C=O) groups is 2. The van der Waals surface area contributed by atoms with Gasteiger partial charge in [-0.05, 0) is 103 Å². The van der Waals surface area contributed by atoms with Gasteiger partial charge in [-0.25, -0.2) is 0 Å². The predicted molar refractivity (Wildman–Crippen MR) is 332 cm³/mol. The molecule has 0 fully saturated rings. The van der Waals surface area contributed by atoms with Gasteiger partial charge in [0, 0.05) is 12.8 Å². The molecular weight excluding hydrogens is 990 g/mol. The number of unbranched alkanes of at least 4 members (excludes halogenated alkanes) is 22. The Hall–Kier alpha value is -3.59. The van der Waals surface area contributed by atoms with Gasteiger partial charge >= 0.3 is 11.9 Å². The maximum atomic E-state index is 12.8. The van der Waals surface area contributed by atoms with E-state index < -0.39 is 32.5 Å². The Morgan fingerprint density at radius 3 is 1.03 bits per heavy atom. The van der Waals surface area contributed by atoms with E-state index in [9.17, 15) is 19.0 Å². The quantitative estimate of drug-likeness (QED) is 0.0195. The molecule has 0 aliphatic carbocycles. The minimum Gasteiger partial charge on any atom is -0.756 e. The number of ether oxygens (including phenoxy) is 2. The third-order valence-corrected chi connectivity index (χ3v) is 13.9. The molecular formula is C68H116NO8P. The second-order valence-corrected chi connectivity index (χ2v) is 23.1. The summed E-state index contributed by atoms with van der Waals surface area (Å²) in [6.45, 7) is 4.01. The van der Waals surface area contributed by atoms with Gasteiger partial charge in [0.2, 0.25) is 0 Å². The van der Waals surface area contributed by atoms with Gasteiger partial charge in [-0.2, -0.15) is 0 Å². The Morgan fingerprint density at radius 2 is 0.692 bits per heavy atom. The molecule has 0 rings (SSSR count). The van der Waals surface area contributed by atoms with E-state index in [2.05, 4.69) is 135 Å². The zero-order chi connectivity index (χ0) is 57.0. The highest BCUT2D eigenvalue weighted by molar-refractivity contribution is 7.45. The molecule has 0 aliphatic rings. The van der Waals surface area contributed by atoms with Gasteiger partial charge in [0.15, 0.2) is 6.10 Å². The summed E-state index contributed by atoms with van der Waals surface area (Å²) in [5.74, 6) is -0.843. The first kappa shape index (κ1) is 74.4. The Labute approximate surface area is 479 Å². The molecule has 0 saturated heterocycles. The molecule has 0 aromatic carbocycles. The third kappa shape index (κ3) is 61.6. The number of esters is 2. The molecule has 0 saturated carbocycles. The van der Waals surface area contributed by atoms with Crippen molar-refractivity contribution >= 4 is 19.8 Å². The summed E-state index contributed by atoms with van der Waals surface area (Å²) in [4.78, 5) is 38.0. The largest absolute Gasteiger partial charge is 0.756 e. The number of hydrogen-bond donors (Lipinski definition) is 0. The van der Waals surface area contributed by atoms with E-state index in [1.807, 2.05) is 21.1 Å². The van der Waals surface area contributed by atoms with Crippen LogP contribution in [0.5, 0.6) is 0 Å². The van der Waals surface area contributed by atoms with Gasteiger partial charge in [-0.3, -0.25) is 14.2 Å². The highest BCUT2D eigenvalue weighted by Crippen LogP contribution is 2.38. The monoisotopic (exact) mass is 1110 g/mol. The van der Waals surface area contributed by atoms with Crippen molar-refractivity contribution in [1.29, 1.82) is 0 Å². The van der Waals surface area contributed by atoms with Crippen molar-refractivity contribution in [2.45, 2.75) is 251 Å². The van der Waals surface area contributed by atoms with Crippen LogP contribution in [0, 0.1) is 0 Å². The van der Waals surface area contributed by atoms with Crippen molar-refractivity contribution in [3.05, 3.63) is 122 Å². The highest BCUT2D eigenvalue weighted by atomic mass is 31.2. The average molecular weight is 1110 g/mol. The van der Waals surface area contributed by atoms with Crippen molar-refractivity contribution in [3.8, 4) is 0 Å². The number of carbonyl (C=O) groups excluding carboxylic acids is 2. The van der Waals surface area contributed by atoms with Crippen LogP contribution in [0.3, 0.4) is 0 Å². The molecule has 0 radical (unpaired) electrons. The van der Waals surface area contributed by atoms with Crippen LogP contribution in [-0.4, -0.2) is 70.0 Å². The van der Waals surface area contributed by atoms with Gasteiger partial charge in [-0.1, -0.05) is 251 Å². The maximum absolute atomic E-state index is 12.8. The standard InChI is InChI=1S/C68H116NO8P/c1-6-8-10-12-14-16-18-20-22-24-26-28-30-31-32-33-34-35-36-37-39-41-43-45-47-49-51-53-55-57-59-61-68(71)77-66(65-76-78(72,73)75-63-62-69(3,4)5)64-74-67(70)60-58-56-54-52-50-48-46-44-42-40-38-29-27-25-23-21-19-17-15-13-11-9-7-2/h8-11,14-17,20-23,26-29,31-32,34-35,66H,6-7,12-13,18-19,24-25,30,33,36-65H2,1-5H3/b10-8-,11-9-,16-14-,17-15-,22-20-,23-21-,28-26-,29-27-,32-31-,35-34-. The minimum absolute atomic E-state index is 0.0374. The lowest BCUT2D eigenvalue weighted by Gasteiger charge is -2.28. The van der Waals surface area contributed by atoms with Crippen LogP contribution in [0.1, 0.15) is 245 Å². The number of nitrogens with zero attached hydrogens (tertiary/aromatic N) is 1. The van der Waals surface area contributed by atoms with Crippen LogP contribution < -0.4 is 4.89 Å². The van der Waals surface area contributed by atoms with Crippen molar-refractivity contribution in [3.63, 3.8) is 0 Å². The summed E-state index contributed by atoms with van der Waals surface area (Å²) in [7, 11) is 1.15. The number of rotatable bonds is 56. The third-order valence-electron chi connectivity index (χ3n) is 13.0. The zero-order valence-electron chi connectivity index (χ0n) is 50.6. The summed E-state index contributed by atoms with van der Waals surface area (Å²) in [6.07, 6.45) is 82.5. The minimum atomic E-state index is -4.65. The van der Waals surface area contributed by atoms with Crippen LogP contribution in [0.15, 0.2) is 122 Å². The lowest BCUT2D eigenvalue weighted by molar-refractivity contribution is -0.870. The zero-order valence-corrected chi connectivity index (χ0v) is 51.5. The molecule has 0 aromatic heterocycles. The SMILES string of the molecule is CC/C=C\C/C=C\C/C=C\C/C=C\C/C=C\C/C=C\CCCCCCCCCCCCCCC(=O)OC(COC(=O)CCCCCCCCCCCC/C=C\C/C=C\C/C=C\C/C=C\CC)COP(=O)([O-])OCC[N+](C)(C)C. The summed E-state index contributed by atoms with van der Waals surface area (Å²) in [5.41, 5.74) is 0. The van der Waals surface area contributed by atoms with Gasteiger partial charge in [0.05, 0.1) is 27.7 Å². The molecule has 0 amide bonds. The first-order chi connectivity index (χ1) is 38.0. The molecule has 10 heteroatoms.